The van der Waals surface area contributed by atoms with E-state index in [-0.39, 0.29) is 10.7 Å². The Bertz CT molecular complexity index is 629. The number of hydrogen-bond donors (Lipinski definition) is 0. The third kappa shape index (κ3) is 3.22. The van der Waals surface area contributed by atoms with Crippen LogP contribution in [0.3, 0.4) is 0 Å². The molecule has 0 aliphatic heterocycles. The number of pyridine rings is 1. The summed E-state index contributed by atoms with van der Waals surface area (Å²) in [7, 11) is 0. The topological polar surface area (TPSA) is 39.2 Å². The highest BCUT2D eigenvalue weighted by Gasteiger charge is 2.17. The first-order valence-corrected chi connectivity index (χ1v) is 6.03. The summed E-state index contributed by atoms with van der Waals surface area (Å²) < 4.78 is 18.3. The smallest absolute Gasteiger partial charge is 0.346 e. The van der Waals surface area contributed by atoms with Crippen LogP contribution in [0.2, 0.25) is 10.3 Å². The molecule has 98 valence electrons. The van der Waals surface area contributed by atoms with Crippen LogP contribution in [0, 0.1) is 12.7 Å². The SMILES string of the molecule is Cc1ccc(OC(=O)c2cc(F)c(Cl)nc2Cl)cc1. The number of halogens is 3. The monoisotopic (exact) mass is 299 g/mol. The van der Waals surface area contributed by atoms with Crippen molar-refractivity contribution in [1.29, 1.82) is 0 Å². The number of nitrogens with zero attached hydrogens (tertiary/aromatic N) is 1. The molecule has 0 radical (unpaired) electrons. The number of carbonyl (C=O) groups excluding carboxylic acids is 1. The number of hydrogen-bond acceptors (Lipinski definition) is 3. The highest BCUT2D eigenvalue weighted by atomic mass is 35.5. The maximum absolute atomic E-state index is 13.3. The second-order valence-electron chi connectivity index (χ2n) is 3.80. The van der Waals surface area contributed by atoms with Gasteiger partial charge in [0.15, 0.2) is 11.0 Å². The molecule has 0 atom stereocenters. The highest BCUT2D eigenvalue weighted by Crippen LogP contribution is 2.22. The van der Waals surface area contributed by atoms with Gasteiger partial charge in [0.05, 0.1) is 0 Å². The van der Waals surface area contributed by atoms with E-state index in [0.717, 1.165) is 11.6 Å². The maximum Gasteiger partial charge on any atom is 0.346 e. The van der Waals surface area contributed by atoms with Crippen LogP contribution in [0.1, 0.15) is 15.9 Å². The number of rotatable bonds is 2. The van der Waals surface area contributed by atoms with Crippen molar-refractivity contribution in [2.45, 2.75) is 6.92 Å². The van der Waals surface area contributed by atoms with E-state index in [2.05, 4.69) is 4.98 Å². The molecule has 1 heterocycles. The van der Waals surface area contributed by atoms with Crippen LogP contribution in [0.5, 0.6) is 5.75 Å². The maximum atomic E-state index is 13.3. The summed E-state index contributed by atoms with van der Waals surface area (Å²) in [6.07, 6.45) is 0. The average Bonchev–Trinajstić information content (AvgIpc) is 2.36. The van der Waals surface area contributed by atoms with Gasteiger partial charge in [0, 0.05) is 0 Å². The number of ether oxygens (including phenoxy) is 1. The lowest BCUT2D eigenvalue weighted by molar-refractivity contribution is 0.0734. The fraction of sp³-hybridized carbons (Fsp3) is 0.0769. The van der Waals surface area contributed by atoms with Crippen molar-refractivity contribution in [3.8, 4) is 5.75 Å². The van der Waals surface area contributed by atoms with Gasteiger partial charge in [-0.3, -0.25) is 0 Å². The average molecular weight is 300 g/mol. The molecule has 1 aromatic heterocycles. The molecule has 0 bridgehead atoms. The minimum atomic E-state index is -0.832. The van der Waals surface area contributed by atoms with Crippen LogP contribution >= 0.6 is 23.2 Å². The molecule has 19 heavy (non-hydrogen) atoms. The zero-order valence-electron chi connectivity index (χ0n) is 9.78. The molecule has 3 nitrogen and oxygen atoms in total. The minimum absolute atomic E-state index is 0.177. The highest BCUT2D eigenvalue weighted by molar-refractivity contribution is 6.34. The third-order valence-corrected chi connectivity index (χ3v) is 2.89. The Balaban J connectivity index is 2.25. The van der Waals surface area contributed by atoms with E-state index in [4.69, 9.17) is 27.9 Å². The molecule has 0 N–H and O–H groups in total. The van der Waals surface area contributed by atoms with Gasteiger partial charge in [-0.1, -0.05) is 40.9 Å². The van der Waals surface area contributed by atoms with E-state index in [1.165, 1.54) is 0 Å². The van der Waals surface area contributed by atoms with Crippen molar-refractivity contribution >= 4 is 29.2 Å². The molecule has 1 aromatic carbocycles. The first-order valence-electron chi connectivity index (χ1n) is 5.28. The summed E-state index contributed by atoms with van der Waals surface area (Å²) >= 11 is 11.2. The van der Waals surface area contributed by atoms with Crippen LogP contribution in [-0.4, -0.2) is 11.0 Å². The summed E-state index contributed by atoms with van der Waals surface area (Å²) in [5.74, 6) is -1.29. The van der Waals surface area contributed by atoms with Gasteiger partial charge < -0.3 is 4.74 Å². The molecule has 0 spiro atoms. The Labute approximate surface area is 118 Å². The Morgan fingerprint density at radius 2 is 1.84 bits per heavy atom. The molecule has 0 fully saturated rings. The number of aryl methyl sites for hydroxylation is 1. The molecule has 0 saturated heterocycles. The summed E-state index contributed by atoms with van der Waals surface area (Å²) in [6.45, 7) is 1.90. The van der Waals surface area contributed by atoms with Crippen molar-refractivity contribution in [2.75, 3.05) is 0 Å². The van der Waals surface area contributed by atoms with Gasteiger partial charge in [0.2, 0.25) is 0 Å². The quantitative estimate of drug-likeness (QED) is 0.477. The molecular weight excluding hydrogens is 292 g/mol. The summed E-state index contributed by atoms with van der Waals surface area (Å²) in [6, 6.07) is 7.71. The van der Waals surface area contributed by atoms with E-state index in [9.17, 15) is 9.18 Å². The van der Waals surface area contributed by atoms with Crippen molar-refractivity contribution in [3.05, 3.63) is 57.6 Å². The largest absolute Gasteiger partial charge is 0.423 e. The number of carbonyl (C=O) groups is 1. The van der Waals surface area contributed by atoms with Gasteiger partial charge in [0.1, 0.15) is 16.5 Å². The standard InChI is InChI=1S/C13H8Cl2FNO2/c1-7-2-4-8(5-3-7)19-13(18)9-6-10(16)12(15)17-11(9)14/h2-6H,1H3. The molecule has 0 unspecified atom stereocenters. The van der Waals surface area contributed by atoms with E-state index < -0.39 is 16.9 Å². The van der Waals surface area contributed by atoms with Crippen LogP contribution in [0.4, 0.5) is 4.39 Å². The molecule has 2 rings (SSSR count). The van der Waals surface area contributed by atoms with Crippen molar-refractivity contribution in [2.24, 2.45) is 0 Å². The Kier molecular flexibility index (Phi) is 4.02. The van der Waals surface area contributed by atoms with Crippen molar-refractivity contribution < 1.29 is 13.9 Å². The number of benzene rings is 1. The van der Waals surface area contributed by atoms with Crippen LogP contribution in [0.25, 0.3) is 0 Å². The Morgan fingerprint density at radius 1 is 1.21 bits per heavy atom. The third-order valence-electron chi connectivity index (χ3n) is 2.34. The van der Waals surface area contributed by atoms with Gasteiger partial charge in [-0.25, -0.2) is 14.2 Å². The van der Waals surface area contributed by atoms with Gasteiger partial charge in [-0.15, -0.1) is 0 Å². The number of aromatic nitrogens is 1. The lowest BCUT2D eigenvalue weighted by Crippen LogP contribution is -2.10. The molecule has 0 aliphatic carbocycles. The van der Waals surface area contributed by atoms with Crippen LogP contribution < -0.4 is 4.74 Å². The minimum Gasteiger partial charge on any atom is -0.423 e. The van der Waals surface area contributed by atoms with Gasteiger partial charge in [-0.05, 0) is 25.1 Å². The molecule has 0 amide bonds. The van der Waals surface area contributed by atoms with Gasteiger partial charge in [-0.2, -0.15) is 0 Å². The molecule has 0 aliphatic rings. The molecule has 6 heteroatoms. The normalized spacial score (nSPS) is 10.3. The predicted octanol–water partition coefficient (Wildman–Crippen LogP) is 4.06. The summed E-state index contributed by atoms with van der Waals surface area (Å²) in [5, 5.41) is -0.597. The predicted molar refractivity (Wildman–Crippen MR) is 70.4 cm³/mol. The zero-order chi connectivity index (χ0) is 14.0. The van der Waals surface area contributed by atoms with E-state index >= 15 is 0 Å². The van der Waals surface area contributed by atoms with Crippen molar-refractivity contribution in [3.63, 3.8) is 0 Å². The first kappa shape index (κ1) is 13.8. The lowest BCUT2D eigenvalue weighted by atomic mass is 10.2. The second-order valence-corrected chi connectivity index (χ2v) is 4.52. The summed E-state index contributed by atoms with van der Waals surface area (Å²) in [4.78, 5) is 15.3. The van der Waals surface area contributed by atoms with E-state index in [0.29, 0.717) is 5.75 Å². The molecule has 0 saturated carbocycles. The summed E-state index contributed by atoms with van der Waals surface area (Å²) in [5.41, 5.74) is 0.848. The number of esters is 1. The molecule has 2 aromatic rings. The van der Waals surface area contributed by atoms with Gasteiger partial charge >= 0.3 is 5.97 Å². The Morgan fingerprint density at radius 3 is 2.47 bits per heavy atom. The van der Waals surface area contributed by atoms with Crippen LogP contribution in [0.15, 0.2) is 30.3 Å². The van der Waals surface area contributed by atoms with Crippen molar-refractivity contribution in [1.82, 2.24) is 4.98 Å². The van der Waals surface area contributed by atoms with Gasteiger partial charge in [0.25, 0.3) is 0 Å². The lowest BCUT2D eigenvalue weighted by Gasteiger charge is -2.06. The Hall–Kier alpha value is -1.65. The zero-order valence-corrected chi connectivity index (χ0v) is 11.3. The fourth-order valence-electron chi connectivity index (χ4n) is 1.36. The molecular formula is C13H8Cl2FNO2. The van der Waals surface area contributed by atoms with E-state index in [1.54, 1.807) is 24.3 Å². The first-order chi connectivity index (χ1) is 8.97. The fourth-order valence-corrected chi connectivity index (χ4v) is 1.76. The second kappa shape index (κ2) is 5.55. The van der Waals surface area contributed by atoms with E-state index in [1.807, 2.05) is 6.92 Å². The van der Waals surface area contributed by atoms with Crippen LogP contribution in [-0.2, 0) is 0 Å².